The van der Waals surface area contributed by atoms with Crippen molar-refractivity contribution in [2.24, 2.45) is 0 Å². The molecular formula is C25H49BFeP3. The first-order valence-corrected chi connectivity index (χ1v) is 15.9. The minimum atomic E-state index is -0.517. The minimum Gasteiger partial charge on any atom is -0.575 e. The maximum atomic E-state index is 2.48. The van der Waals surface area contributed by atoms with Crippen LogP contribution in [0.4, 0.5) is 0 Å². The van der Waals surface area contributed by atoms with Gasteiger partial charge in [-0.2, -0.15) is 17.8 Å². The Morgan fingerprint density at radius 2 is 1.07 bits per heavy atom. The smallest absolute Gasteiger partial charge is 0.575 e. The van der Waals surface area contributed by atoms with Gasteiger partial charge >= 0.3 is 17.1 Å². The second-order valence-electron chi connectivity index (χ2n) is 10.1. The van der Waals surface area contributed by atoms with E-state index in [9.17, 15) is 0 Å². The maximum absolute atomic E-state index is 2.48. The Balaban J connectivity index is 0. The van der Waals surface area contributed by atoms with E-state index in [1.165, 1.54) is 18.2 Å². The van der Waals surface area contributed by atoms with Crippen molar-refractivity contribution >= 4 is 36.0 Å². The molecular weight excluding hydrogens is 460 g/mol. The first-order chi connectivity index (χ1) is 13.0. The summed E-state index contributed by atoms with van der Waals surface area (Å²) in [6.07, 6.45) is -0.517. The summed E-state index contributed by atoms with van der Waals surface area (Å²) in [6, 6.07) is 16.0. The van der Waals surface area contributed by atoms with Crippen LogP contribution in [0.5, 0.6) is 0 Å². The van der Waals surface area contributed by atoms with Gasteiger partial charge in [0.1, 0.15) is 0 Å². The van der Waals surface area contributed by atoms with E-state index in [1.807, 2.05) is 0 Å². The van der Waals surface area contributed by atoms with Crippen molar-refractivity contribution in [1.82, 2.24) is 0 Å². The summed E-state index contributed by atoms with van der Waals surface area (Å²) in [6.45, 7) is 24.6. The third-order valence-corrected chi connectivity index (χ3v) is 15.3. The molecule has 0 saturated heterocycles. The first kappa shape index (κ1) is 33.3. The largest absolute Gasteiger partial charge is 3.00 e. The van der Waals surface area contributed by atoms with Crippen LogP contribution in [0.15, 0.2) is 30.3 Å². The summed E-state index contributed by atoms with van der Waals surface area (Å²) in [5.74, 6) is 0. The van der Waals surface area contributed by atoms with E-state index in [0.29, 0.717) is 0 Å². The molecule has 0 nitrogen and oxygen atoms in total. The Morgan fingerprint density at radius 1 is 0.700 bits per heavy atom. The summed E-state index contributed by atoms with van der Waals surface area (Å²) < 4.78 is 0. The van der Waals surface area contributed by atoms with Crippen LogP contribution in [-0.2, 0) is 17.1 Å². The molecule has 1 aromatic carbocycles. The molecule has 0 aliphatic rings. The van der Waals surface area contributed by atoms with E-state index >= 15 is 0 Å². The van der Waals surface area contributed by atoms with E-state index < -0.39 is 6.15 Å². The second-order valence-corrected chi connectivity index (χ2v) is 18.8. The van der Waals surface area contributed by atoms with Crippen LogP contribution in [0, 0.1) is 7.43 Å². The van der Waals surface area contributed by atoms with Gasteiger partial charge in [0.15, 0.2) is 0 Å². The Hall–Kier alpha value is 1.09. The summed E-state index contributed by atoms with van der Waals surface area (Å²) in [5.41, 5.74) is 5.72. The molecule has 0 unspecified atom stereocenters. The van der Waals surface area contributed by atoms with Crippen LogP contribution in [0.1, 0.15) is 69.2 Å². The van der Waals surface area contributed by atoms with Gasteiger partial charge in [0, 0.05) is 6.15 Å². The van der Waals surface area contributed by atoms with E-state index in [2.05, 4.69) is 99.6 Å². The number of hydrogen-bond acceptors (Lipinski definition) is 0. The van der Waals surface area contributed by atoms with Crippen molar-refractivity contribution in [3.8, 4) is 0 Å². The third kappa shape index (κ3) is 10.4. The van der Waals surface area contributed by atoms with Crippen LogP contribution in [-0.4, -0.2) is 52.6 Å². The second kappa shape index (κ2) is 15.8. The maximum Gasteiger partial charge on any atom is 3.00 e. The van der Waals surface area contributed by atoms with Crippen LogP contribution in [0.2, 0.25) is 0 Å². The van der Waals surface area contributed by atoms with Crippen molar-refractivity contribution < 1.29 is 17.1 Å². The van der Waals surface area contributed by atoms with Gasteiger partial charge in [0.05, 0.1) is 0 Å². The molecule has 30 heavy (non-hydrogen) atoms. The van der Waals surface area contributed by atoms with Gasteiger partial charge in [0.2, 0.25) is 0 Å². The van der Waals surface area contributed by atoms with Crippen molar-refractivity contribution in [2.45, 2.75) is 97.5 Å². The number of hydrogen-bond donors (Lipinski definition) is 0. The minimum absolute atomic E-state index is 0. The summed E-state index contributed by atoms with van der Waals surface area (Å²) in [7, 11) is 1.74. The molecule has 0 aromatic heterocycles. The van der Waals surface area contributed by atoms with Crippen molar-refractivity contribution in [3.05, 3.63) is 37.8 Å². The summed E-state index contributed by atoms with van der Waals surface area (Å²) >= 11 is 0. The average Bonchev–Trinajstić information content (AvgIpc) is 2.60. The molecule has 0 N–H and O–H groups in total. The normalized spacial score (nSPS) is 12.8. The molecule has 0 bridgehead atoms. The van der Waals surface area contributed by atoms with Crippen molar-refractivity contribution in [1.29, 1.82) is 0 Å². The monoisotopic (exact) mass is 509 g/mol. The molecule has 1 rings (SSSR count). The summed E-state index contributed by atoms with van der Waals surface area (Å²) in [4.78, 5) is 0. The van der Waals surface area contributed by atoms with E-state index in [4.69, 9.17) is 0 Å². The van der Waals surface area contributed by atoms with Gasteiger partial charge in [-0.15, -0.1) is 15.8 Å². The molecule has 1 radical (unpaired) electrons. The molecule has 0 heterocycles. The summed E-state index contributed by atoms with van der Waals surface area (Å²) in [5, 5.41) is 0. The topological polar surface area (TPSA) is 0 Å². The fourth-order valence-electron chi connectivity index (χ4n) is 4.61. The Morgan fingerprint density at radius 3 is 1.37 bits per heavy atom. The SMILES string of the molecule is CC(C)[P-]C[B-](CP(C(C)C)C(C)C)(CP(C(C)C)C(C)C)c1ccccc1.[CH3-].[Fe+3]. The van der Waals surface area contributed by atoms with Gasteiger partial charge in [0.25, 0.3) is 0 Å². The molecule has 0 atom stereocenters. The zero-order valence-corrected chi connectivity index (χ0v) is 25.5. The molecule has 0 saturated carbocycles. The molecule has 0 spiro atoms. The average molecular weight is 509 g/mol. The molecule has 5 heteroatoms. The Kier molecular flexibility index (Phi) is 17.6. The van der Waals surface area contributed by atoms with Crippen molar-refractivity contribution in [2.75, 3.05) is 18.2 Å². The standard InChI is InChI=1S/C24H46BP3.CH3.Fe/c1-19(2)26-16-25(24-14-12-11-13-15-24,17-27(20(3)4)21(5)6)18-28(22(7)8)23(9)10;;/h11-15,19-23H,16-18H2,1-10H3;1H3;/q-2;-1;+3. The predicted octanol–water partition coefficient (Wildman–Crippen LogP) is 8.36. The van der Waals surface area contributed by atoms with Crippen LogP contribution < -0.4 is 5.46 Å². The zero-order valence-electron chi connectivity index (χ0n) is 21.7. The zero-order chi connectivity index (χ0) is 21.5. The third-order valence-electron chi connectivity index (χ3n) is 6.10. The number of benzene rings is 1. The van der Waals surface area contributed by atoms with E-state index in [-0.39, 0.29) is 40.3 Å². The molecule has 175 valence electrons. The van der Waals surface area contributed by atoms with Crippen LogP contribution in [0.25, 0.3) is 0 Å². The molecule has 0 amide bonds. The molecule has 0 aliphatic carbocycles. The van der Waals surface area contributed by atoms with E-state index in [1.54, 1.807) is 14.0 Å². The molecule has 1 aromatic rings. The Labute approximate surface area is 206 Å². The number of rotatable bonds is 12. The first-order valence-electron chi connectivity index (χ1n) is 11.4. The van der Waals surface area contributed by atoms with Crippen LogP contribution >= 0.6 is 24.4 Å². The van der Waals surface area contributed by atoms with Gasteiger partial charge in [-0.05, 0) is 22.6 Å². The van der Waals surface area contributed by atoms with Gasteiger partial charge in [-0.1, -0.05) is 99.6 Å². The van der Waals surface area contributed by atoms with E-state index in [0.717, 1.165) is 28.3 Å². The fraction of sp³-hybridized carbons (Fsp3) is 0.720. The van der Waals surface area contributed by atoms with Gasteiger partial charge in [-0.25, -0.2) is 5.46 Å². The predicted molar refractivity (Wildman–Crippen MR) is 149 cm³/mol. The molecule has 0 aliphatic heterocycles. The Bertz CT molecular complexity index is 509. The van der Waals surface area contributed by atoms with Gasteiger partial charge in [-0.3, -0.25) is 0 Å². The fourth-order valence-corrected chi connectivity index (χ4v) is 13.1. The molecule has 0 fully saturated rings. The van der Waals surface area contributed by atoms with Crippen LogP contribution in [0.3, 0.4) is 0 Å². The quantitative estimate of drug-likeness (QED) is 0.151. The van der Waals surface area contributed by atoms with Gasteiger partial charge < -0.3 is 22.1 Å². The van der Waals surface area contributed by atoms with Crippen molar-refractivity contribution in [3.63, 3.8) is 0 Å².